The van der Waals surface area contributed by atoms with Crippen LogP contribution in [0.2, 0.25) is 0 Å². The van der Waals surface area contributed by atoms with Crippen molar-refractivity contribution in [2.75, 3.05) is 17.7 Å². The summed E-state index contributed by atoms with van der Waals surface area (Å²) in [6, 6.07) is 12.6. The second-order valence-corrected chi connectivity index (χ2v) is 6.34. The molecule has 0 fully saturated rings. The molecule has 0 heterocycles. The fourth-order valence-corrected chi connectivity index (χ4v) is 2.76. The third-order valence-electron chi connectivity index (χ3n) is 3.16. The Kier molecular flexibility index (Phi) is 6.68. The molecular formula is C18H16F3NO3S. The summed E-state index contributed by atoms with van der Waals surface area (Å²) in [4.78, 5) is 23.7. The second-order valence-electron chi connectivity index (χ2n) is 5.32. The molecule has 0 aromatic heterocycles. The predicted molar refractivity (Wildman–Crippen MR) is 93.8 cm³/mol. The second kappa shape index (κ2) is 8.75. The number of thioether (sulfide) groups is 1. The minimum absolute atomic E-state index is 0.129. The first-order valence-electron chi connectivity index (χ1n) is 7.57. The van der Waals surface area contributed by atoms with E-state index in [4.69, 9.17) is 4.74 Å². The number of rotatable bonds is 7. The first kappa shape index (κ1) is 19.8. The van der Waals surface area contributed by atoms with E-state index >= 15 is 0 Å². The molecule has 2 aromatic carbocycles. The maximum absolute atomic E-state index is 12.4. The first-order chi connectivity index (χ1) is 12.2. The number of anilines is 1. The van der Waals surface area contributed by atoms with E-state index in [1.807, 2.05) is 0 Å². The van der Waals surface area contributed by atoms with Crippen LogP contribution in [-0.4, -0.2) is 30.2 Å². The van der Waals surface area contributed by atoms with Crippen LogP contribution in [0.3, 0.4) is 0 Å². The van der Waals surface area contributed by atoms with Gasteiger partial charge in [-0.05, 0) is 31.2 Å². The van der Waals surface area contributed by atoms with Gasteiger partial charge in [-0.3, -0.25) is 9.59 Å². The Morgan fingerprint density at radius 1 is 1.12 bits per heavy atom. The van der Waals surface area contributed by atoms with Gasteiger partial charge in [-0.25, -0.2) is 0 Å². The van der Waals surface area contributed by atoms with Crippen molar-refractivity contribution in [3.8, 4) is 5.75 Å². The summed E-state index contributed by atoms with van der Waals surface area (Å²) in [5.41, 5.74) is 0.740. The number of benzene rings is 2. The van der Waals surface area contributed by atoms with E-state index in [-0.39, 0.29) is 18.1 Å². The Labute approximate surface area is 152 Å². The molecule has 0 unspecified atom stereocenters. The lowest BCUT2D eigenvalue weighted by Crippen LogP contribution is -2.20. The Morgan fingerprint density at radius 3 is 2.54 bits per heavy atom. The van der Waals surface area contributed by atoms with Crippen molar-refractivity contribution in [3.05, 3.63) is 54.1 Å². The number of nitrogens with one attached hydrogen (secondary N) is 1. The van der Waals surface area contributed by atoms with Crippen LogP contribution in [-0.2, 0) is 4.79 Å². The standard InChI is InChI=1S/C18H16F3NO3S/c1-12(23)13-5-4-6-14(9-13)25-10-17(24)22-15-7-2-3-8-16(15)26-11-18(19,20)21/h2-9H,10-11H2,1H3,(H,22,24). The minimum atomic E-state index is -4.30. The molecule has 0 aliphatic rings. The van der Waals surface area contributed by atoms with Crippen molar-refractivity contribution in [3.63, 3.8) is 0 Å². The van der Waals surface area contributed by atoms with Crippen LogP contribution in [0.25, 0.3) is 0 Å². The fourth-order valence-electron chi connectivity index (χ4n) is 2.00. The molecular weight excluding hydrogens is 367 g/mol. The van der Waals surface area contributed by atoms with Gasteiger partial charge < -0.3 is 10.1 Å². The maximum atomic E-state index is 12.4. The Morgan fingerprint density at radius 2 is 1.85 bits per heavy atom. The minimum Gasteiger partial charge on any atom is -0.484 e. The van der Waals surface area contributed by atoms with E-state index in [1.165, 1.54) is 25.1 Å². The molecule has 138 valence electrons. The lowest BCUT2D eigenvalue weighted by atomic mass is 10.1. The third kappa shape index (κ3) is 6.44. The number of amides is 1. The molecule has 0 saturated carbocycles. The van der Waals surface area contributed by atoms with Crippen molar-refractivity contribution in [1.82, 2.24) is 0 Å². The van der Waals surface area contributed by atoms with E-state index in [0.717, 1.165) is 0 Å². The number of hydrogen-bond donors (Lipinski definition) is 1. The quantitative estimate of drug-likeness (QED) is 0.563. The third-order valence-corrected chi connectivity index (χ3v) is 4.30. The van der Waals surface area contributed by atoms with Gasteiger partial charge in [0.05, 0.1) is 11.4 Å². The molecule has 2 rings (SSSR count). The predicted octanol–water partition coefficient (Wildman–Crippen LogP) is 4.56. The SMILES string of the molecule is CC(=O)c1cccc(OCC(=O)Nc2ccccc2SCC(F)(F)F)c1. The maximum Gasteiger partial charge on any atom is 0.398 e. The molecule has 0 bridgehead atoms. The number of Topliss-reactive ketones (excluding diaryl/α,β-unsaturated/α-hetero) is 1. The molecule has 0 spiro atoms. The monoisotopic (exact) mass is 383 g/mol. The van der Waals surface area contributed by atoms with Gasteiger partial charge in [0.25, 0.3) is 5.91 Å². The van der Waals surface area contributed by atoms with Crippen LogP contribution < -0.4 is 10.1 Å². The zero-order valence-electron chi connectivity index (χ0n) is 13.8. The molecule has 0 aliphatic heterocycles. The molecule has 0 aliphatic carbocycles. The van der Waals surface area contributed by atoms with Gasteiger partial charge >= 0.3 is 6.18 Å². The lowest BCUT2D eigenvalue weighted by molar-refractivity contribution is -0.118. The number of para-hydroxylation sites is 1. The van der Waals surface area contributed by atoms with Crippen LogP contribution in [0.1, 0.15) is 17.3 Å². The summed E-state index contributed by atoms with van der Waals surface area (Å²) in [5.74, 6) is -1.34. The topological polar surface area (TPSA) is 55.4 Å². The van der Waals surface area contributed by atoms with Gasteiger partial charge in [0.15, 0.2) is 12.4 Å². The van der Waals surface area contributed by atoms with Crippen LogP contribution in [0, 0.1) is 0 Å². The van der Waals surface area contributed by atoms with Crippen molar-refractivity contribution >= 4 is 29.1 Å². The van der Waals surface area contributed by atoms with Crippen LogP contribution in [0.15, 0.2) is 53.4 Å². The van der Waals surface area contributed by atoms with Crippen molar-refractivity contribution in [1.29, 1.82) is 0 Å². The smallest absolute Gasteiger partial charge is 0.398 e. The molecule has 1 N–H and O–H groups in total. The van der Waals surface area contributed by atoms with Gasteiger partial charge in [-0.1, -0.05) is 24.3 Å². The largest absolute Gasteiger partial charge is 0.484 e. The number of carbonyl (C=O) groups is 2. The van der Waals surface area contributed by atoms with Crippen molar-refractivity contribution in [2.24, 2.45) is 0 Å². The summed E-state index contributed by atoms with van der Waals surface area (Å²) in [5, 5.41) is 2.54. The summed E-state index contributed by atoms with van der Waals surface area (Å²) in [6.07, 6.45) is -4.30. The average Bonchev–Trinajstić information content (AvgIpc) is 2.59. The number of ether oxygens (including phenoxy) is 1. The summed E-state index contributed by atoms with van der Waals surface area (Å²) >= 11 is 0.598. The van der Waals surface area contributed by atoms with Gasteiger partial charge in [0.2, 0.25) is 0 Å². The first-order valence-corrected chi connectivity index (χ1v) is 8.55. The van der Waals surface area contributed by atoms with Crippen LogP contribution in [0.5, 0.6) is 5.75 Å². The number of alkyl halides is 3. The Balaban J connectivity index is 1.96. The van der Waals surface area contributed by atoms with E-state index < -0.39 is 17.8 Å². The fraction of sp³-hybridized carbons (Fsp3) is 0.222. The number of ketones is 1. The molecule has 26 heavy (non-hydrogen) atoms. The average molecular weight is 383 g/mol. The molecule has 0 atom stereocenters. The van der Waals surface area contributed by atoms with E-state index in [9.17, 15) is 22.8 Å². The van der Waals surface area contributed by atoms with Crippen molar-refractivity contribution < 1.29 is 27.5 Å². The van der Waals surface area contributed by atoms with Crippen LogP contribution in [0.4, 0.5) is 18.9 Å². The molecule has 0 saturated heterocycles. The Hall–Kier alpha value is -2.48. The normalized spacial score (nSPS) is 11.1. The summed E-state index contributed by atoms with van der Waals surface area (Å²) in [7, 11) is 0. The Bertz CT molecular complexity index is 793. The van der Waals surface area contributed by atoms with Gasteiger partial charge in [0.1, 0.15) is 5.75 Å². The molecule has 8 heteroatoms. The highest BCUT2D eigenvalue weighted by molar-refractivity contribution is 7.99. The van der Waals surface area contributed by atoms with Gasteiger partial charge in [-0.2, -0.15) is 13.2 Å². The van der Waals surface area contributed by atoms with Gasteiger partial charge in [0, 0.05) is 10.5 Å². The number of halogens is 3. The molecule has 2 aromatic rings. The lowest BCUT2D eigenvalue weighted by Gasteiger charge is -2.12. The van der Waals surface area contributed by atoms with E-state index in [0.29, 0.717) is 28.0 Å². The highest BCUT2D eigenvalue weighted by Gasteiger charge is 2.27. The number of hydrogen-bond acceptors (Lipinski definition) is 4. The van der Waals surface area contributed by atoms with Crippen LogP contribution >= 0.6 is 11.8 Å². The molecule has 0 radical (unpaired) electrons. The zero-order valence-corrected chi connectivity index (χ0v) is 14.6. The molecule has 1 amide bonds. The van der Waals surface area contributed by atoms with Crippen molar-refractivity contribution in [2.45, 2.75) is 18.0 Å². The van der Waals surface area contributed by atoms with Gasteiger partial charge in [-0.15, -0.1) is 11.8 Å². The highest BCUT2D eigenvalue weighted by Crippen LogP contribution is 2.32. The molecule has 4 nitrogen and oxygen atoms in total. The summed E-state index contributed by atoms with van der Waals surface area (Å²) < 4.78 is 42.5. The summed E-state index contributed by atoms with van der Waals surface area (Å²) in [6.45, 7) is 1.08. The van der Waals surface area contributed by atoms with E-state index in [2.05, 4.69) is 5.32 Å². The zero-order chi connectivity index (χ0) is 19.2. The highest BCUT2D eigenvalue weighted by atomic mass is 32.2. The number of carbonyl (C=O) groups excluding carboxylic acids is 2. The van der Waals surface area contributed by atoms with E-state index in [1.54, 1.807) is 30.3 Å².